The van der Waals surface area contributed by atoms with Gasteiger partial charge in [-0.2, -0.15) is 10.5 Å². The predicted molar refractivity (Wildman–Crippen MR) is 102 cm³/mol. The third kappa shape index (κ3) is 5.77. The second-order valence-electron chi connectivity index (χ2n) is 6.68. The molecule has 0 aliphatic carbocycles. The van der Waals surface area contributed by atoms with Crippen molar-refractivity contribution < 1.29 is 14.0 Å². The molecule has 1 aliphatic heterocycles. The second-order valence-corrected chi connectivity index (χ2v) is 6.68. The van der Waals surface area contributed by atoms with Crippen LogP contribution in [0.15, 0.2) is 18.2 Å². The van der Waals surface area contributed by atoms with Crippen LogP contribution in [-0.4, -0.2) is 67.3 Å². The first-order chi connectivity index (χ1) is 13.5. The molecule has 1 fully saturated rings. The molecule has 0 atom stereocenters. The lowest BCUT2D eigenvalue weighted by Gasteiger charge is -2.36. The SMILES string of the molecule is CC(=O)c1ccc(N2CCN(CC(=O)N(CCC#N)CCC#N)CC2)c(F)c1. The highest BCUT2D eigenvalue weighted by Crippen LogP contribution is 2.22. The lowest BCUT2D eigenvalue weighted by Crippen LogP contribution is -2.50. The van der Waals surface area contributed by atoms with Gasteiger partial charge in [-0.1, -0.05) is 0 Å². The highest BCUT2D eigenvalue weighted by Gasteiger charge is 2.23. The molecule has 7 nitrogen and oxygen atoms in total. The van der Waals surface area contributed by atoms with Crippen molar-refractivity contribution in [2.45, 2.75) is 19.8 Å². The molecule has 28 heavy (non-hydrogen) atoms. The number of halogens is 1. The topological polar surface area (TPSA) is 91.4 Å². The minimum Gasteiger partial charge on any atom is -0.367 e. The Morgan fingerprint density at radius 3 is 2.21 bits per heavy atom. The number of piperazine rings is 1. The average Bonchev–Trinajstić information content (AvgIpc) is 2.68. The van der Waals surface area contributed by atoms with E-state index in [-0.39, 0.29) is 31.1 Å². The number of benzene rings is 1. The average molecular weight is 385 g/mol. The van der Waals surface area contributed by atoms with Gasteiger partial charge in [-0.25, -0.2) is 4.39 Å². The lowest BCUT2D eigenvalue weighted by atomic mass is 10.1. The Kier molecular flexibility index (Phi) is 7.91. The van der Waals surface area contributed by atoms with Crippen molar-refractivity contribution in [3.05, 3.63) is 29.6 Å². The predicted octanol–water partition coefficient (Wildman–Crippen LogP) is 1.81. The van der Waals surface area contributed by atoms with Crippen LogP contribution < -0.4 is 4.90 Å². The number of Topliss-reactive ketones (excluding diaryl/α,β-unsaturated/α-hetero) is 1. The van der Waals surface area contributed by atoms with Crippen molar-refractivity contribution in [2.75, 3.05) is 50.7 Å². The summed E-state index contributed by atoms with van der Waals surface area (Å²) in [6, 6.07) is 8.55. The van der Waals surface area contributed by atoms with Crippen LogP contribution in [-0.2, 0) is 4.79 Å². The van der Waals surface area contributed by atoms with Gasteiger partial charge in [0.25, 0.3) is 0 Å². The van der Waals surface area contributed by atoms with Crippen molar-refractivity contribution in [1.82, 2.24) is 9.80 Å². The van der Waals surface area contributed by atoms with Crippen LogP contribution in [0, 0.1) is 28.5 Å². The van der Waals surface area contributed by atoms with Gasteiger partial charge in [0.05, 0.1) is 37.2 Å². The second kappa shape index (κ2) is 10.4. The highest BCUT2D eigenvalue weighted by atomic mass is 19.1. The summed E-state index contributed by atoms with van der Waals surface area (Å²) in [5, 5.41) is 17.5. The summed E-state index contributed by atoms with van der Waals surface area (Å²) in [5.74, 6) is -0.696. The summed E-state index contributed by atoms with van der Waals surface area (Å²) < 4.78 is 14.3. The van der Waals surface area contributed by atoms with Gasteiger partial charge in [-0.05, 0) is 25.1 Å². The van der Waals surface area contributed by atoms with Gasteiger partial charge >= 0.3 is 0 Å². The minimum atomic E-state index is -0.420. The van der Waals surface area contributed by atoms with E-state index in [1.807, 2.05) is 21.9 Å². The number of ketones is 1. The number of carbonyl (C=O) groups excluding carboxylic acids is 2. The summed E-state index contributed by atoms with van der Waals surface area (Å²) in [6.07, 6.45) is 0.473. The highest BCUT2D eigenvalue weighted by molar-refractivity contribution is 5.94. The van der Waals surface area contributed by atoms with Gasteiger partial charge in [-0.15, -0.1) is 0 Å². The molecule has 0 N–H and O–H groups in total. The first kappa shape index (κ1) is 21.3. The zero-order valence-electron chi connectivity index (χ0n) is 16.0. The summed E-state index contributed by atoms with van der Waals surface area (Å²) in [4.78, 5) is 29.3. The van der Waals surface area contributed by atoms with Crippen molar-refractivity contribution in [3.8, 4) is 12.1 Å². The Hall–Kier alpha value is -2.97. The lowest BCUT2D eigenvalue weighted by molar-refractivity contribution is -0.132. The summed E-state index contributed by atoms with van der Waals surface area (Å²) >= 11 is 0. The number of hydrogen-bond donors (Lipinski definition) is 0. The number of nitrogens with zero attached hydrogens (tertiary/aromatic N) is 5. The molecule has 0 unspecified atom stereocenters. The van der Waals surface area contributed by atoms with Crippen LogP contribution in [0.4, 0.5) is 10.1 Å². The molecule has 0 saturated carbocycles. The summed E-state index contributed by atoms with van der Waals surface area (Å²) in [5.41, 5.74) is 0.806. The Morgan fingerprint density at radius 1 is 1.11 bits per heavy atom. The molecular weight excluding hydrogens is 361 g/mol. The third-order valence-corrected chi connectivity index (χ3v) is 4.77. The van der Waals surface area contributed by atoms with E-state index in [1.165, 1.54) is 13.0 Å². The molecule has 1 aliphatic rings. The fourth-order valence-corrected chi connectivity index (χ4v) is 3.15. The van der Waals surface area contributed by atoms with Gasteiger partial charge in [-0.3, -0.25) is 14.5 Å². The van der Waals surface area contributed by atoms with Crippen LogP contribution in [0.1, 0.15) is 30.1 Å². The van der Waals surface area contributed by atoms with Crippen LogP contribution >= 0.6 is 0 Å². The van der Waals surface area contributed by atoms with Gasteiger partial charge in [0.2, 0.25) is 5.91 Å². The van der Waals surface area contributed by atoms with Crippen LogP contribution in [0.5, 0.6) is 0 Å². The number of anilines is 1. The largest absolute Gasteiger partial charge is 0.367 e. The fraction of sp³-hybridized carbons (Fsp3) is 0.500. The molecular formula is C20H24FN5O2. The molecule has 1 amide bonds. The van der Waals surface area contributed by atoms with E-state index in [9.17, 15) is 14.0 Å². The van der Waals surface area contributed by atoms with E-state index in [4.69, 9.17) is 10.5 Å². The summed E-state index contributed by atoms with van der Waals surface area (Å²) in [7, 11) is 0. The van der Waals surface area contributed by atoms with Crippen LogP contribution in [0.2, 0.25) is 0 Å². The first-order valence-corrected chi connectivity index (χ1v) is 9.25. The third-order valence-electron chi connectivity index (χ3n) is 4.77. The van der Waals surface area contributed by atoms with Crippen molar-refractivity contribution in [2.24, 2.45) is 0 Å². The standard InChI is InChI=1S/C20H24FN5O2/c1-16(27)17-4-5-19(18(21)14-17)25-12-10-24(11-13-25)15-20(28)26(8-2-6-22)9-3-7-23/h4-5,14H,2-3,8-13,15H2,1H3. The molecule has 1 heterocycles. The molecule has 0 spiro atoms. The molecule has 1 aromatic carbocycles. The molecule has 2 rings (SSSR count). The van der Waals surface area contributed by atoms with E-state index in [0.29, 0.717) is 50.5 Å². The van der Waals surface area contributed by atoms with E-state index in [0.717, 1.165) is 0 Å². The molecule has 0 radical (unpaired) electrons. The molecule has 148 valence electrons. The fourth-order valence-electron chi connectivity index (χ4n) is 3.15. The van der Waals surface area contributed by atoms with Gasteiger partial charge in [0.1, 0.15) is 5.82 Å². The smallest absolute Gasteiger partial charge is 0.236 e. The summed E-state index contributed by atoms with van der Waals surface area (Å²) in [6.45, 7) is 4.61. The minimum absolute atomic E-state index is 0.101. The van der Waals surface area contributed by atoms with Gasteiger partial charge in [0, 0.05) is 44.8 Å². The van der Waals surface area contributed by atoms with Crippen LogP contribution in [0.25, 0.3) is 0 Å². The molecule has 0 aromatic heterocycles. The maximum Gasteiger partial charge on any atom is 0.236 e. The Morgan fingerprint density at radius 2 is 1.71 bits per heavy atom. The van der Waals surface area contributed by atoms with Crippen molar-refractivity contribution >= 4 is 17.4 Å². The zero-order chi connectivity index (χ0) is 20.5. The van der Waals surface area contributed by atoms with Gasteiger partial charge in [0.15, 0.2) is 5.78 Å². The Labute approximate surface area is 164 Å². The number of carbonyl (C=O) groups is 2. The van der Waals surface area contributed by atoms with E-state index < -0.39 is 5.82 Å². The maximum atomic E-state index is 14.3. The van der Waals surface area contributed by atoms with Crippen LogP contribution in [0.3, 0.4) is 0 Å². The Bertz CT molecular complexity index is 773. The number of nitriles is 2. The maximum absolute atomic E-state index is 14.3. The van der Waals surface area contributed by atoms with Crippen molar-refractivity contribution in [3.63, 3.8) is 0 Å². The number of hydrogen-bond acceptors (Lipinski definition) is 6. The van der Waals surface area contributed by atoms with Gasteiger partial charge < -0.3 is 9.80 Å². The zero-order valence-corrected chi connectivity index (χ0v) is 16.0. The van der Waals surface area contributed by atoms with E-state index in [2.05, 4.69) is 0 Å². The number of rotatable bonds is 8. The molecule has 1 aromatic rings. The Balaban J connectivity index is 1.91. The molecule has 0 bridgehead atoms. The quantitative estimate of drug-likeness (QED) is 0.634. The first-order valence-electron chi connectivity index (χ1n) is 9.25. The normalized spacial score (nSPS) is 14.2. The number of amides is 1. The molecule has 1 saturated heterocycles. The van der Waals surface area contributed by atoms with Crippen molar-refractivity contribution in [1.29, 1.82) is 10.5 Å². The van der Waals surface area contributed by atoms with E-state index in [1.54, 1.807) is 17.0 Å². The monoisotopic (exact) mass is 385 g/mol. The molecule has 8 heteroatoms. The van der Waals surface area contributed by atoms with E-state index >= 15 is 0 Å².